The first kappa shape index (κ1) is 26.5. The van der Waals surface area contributed by atoms with Gasteiger partial charge in [-0.1, -0.05) is 13.8 Å². The van der Waals surface area contributed by atoms with Crippen LogP contribution in [0.3, 0.4) is 0 Å². The molecule has 1 aromatic rings. The molecule has 0 aliphatic carbocycles. The van der Waals surface area contributed by atoms with Crippen molar-refractivity contribution in [3.63, 3.8) is 0 Å². The van der Waals surface area contributed by atoms with Gasteiger partial charge in [-0.2, -0.15) is 0 Å². The zero-order chi connectivity index (χ0) is 23.8. The highest BCUT2D eigenvalue weighted by molar-refractivity contribution is 5.83. The number of hydrogen-bond donors (Lipinski definition) is 1. The van der Waals surface area contributed by atoms with Crippen molar-refractivity contribution in [3.05, 3.63) is 11.8 Å². The van der Waals surface area contributed by atoms with Crippen LogP contribution in [0.5, 0.6) is 5.75 Å². The lowest BCUT2D eigenvalue weighted by Crippen LogP contribution is -2.41. The molecule has 0 unspecified atom stereocenters. The Balaban J connectivity index is 0.00000233. The molecule has 0 aromatic carbocycles. The van der Waals surface area contributed by atoms with Gasteiger partial charge >= 0.3 is 12.2 Å². The van der Waals surface area contributed by atoms with E-state index in [4.69, 9.17) is 14.2 Å². The average Bonchev–Trinajstić information content (AvgIpc) is 2.66. The van der Waals surface area contributed by atoms with Crippen molar-refractivity contribution < 1.29 is 23.8 Å². The van der Waals surface area contributed by atoms with E-state index in [0.29, 0.717) is 24.5 Å². The summed E-state index contributed by atoms with van der Waals surface area (Å²) in [5.41, 5.74) is -0.408. The van der Waals surface area contributed by atoms with Crippen LogP contribution in [0.4, 0.5) is 15.4 Å². The summed E-state index contributed by atoms with van der Waals surface area (Å²) < 4.78 is 16.1. The van der Waals surface area contributed by atoms with E-state index in [1.54, 1.807) is 38.8 Å². The van der Waals surface area contributed by atoms with Crippen molar-refractivity contribution in [1.82, 2.24) is 15.1 Å². The number of aromatic nitrogens is 2. The van der Waals surface area contributed by atoms with Crippen LogP contribution >= 0.6 is 0 Å². The Kier molecular flexibility index (Phi) is 9.52. The molecule has 0 spiro atoms. The predicted molar refractivity (Wildman–Crippen MR) is 120 cm³/mol. The van der Waals surface area contributed by atoms with Crippen LogP contribution < -0.4 is 10.1 Å². The molecule has 1 aromatic heterocycles. The van der Waals surface area contributed by atoms with Crippen LogP contribution in [-0.2, 0) is 9.47 Å². The van der Waals surface area contributed by atoms with Crippen molar-refractivity contribution in [2.24, 2.45) is 0 Å². The highest BCUT2D eigenvalue weighted by atomic mass is 16.6. The van der Waals surface area contributed by atoms with E-state index in [0.717, 1.165) is 12.8 Å². The monoisotopic (exact) mass is 438 g/mol. The highest BCUT2D eigenvalue weighted by Gasteiger charge is 2.30. The summed E-state index contributed by atoms with van der Waals surface area (Å²) in [6, 6.07) is 1.63. The molecular formula is C22H38N4O5. The van der Waals surface area contributed by atoms with Crippen LogP contribution in [-0.4, -0.2) is 58.7 Å². The third-order valence-corrected chi connectivity index (χ3v) is 4.17. The molecule has 1 aliphatic rings. The minimum atomic E-state index is -0.607. The van der Waals surface area contributed by atoms with Crippen molar-refractivity contribution >= 4 is 18.0 Å². The molecule has 9 nitrogen and oxygen atoms in total. The maximum Gasteiger partial charge on any atom is 0.413 e. The topological polar surface area (TPSA) is 103 Å². The van der Waals surface area contributed by atoms with Gasteiger partial charge in [0.05, 0.1) is 7.11 Å². The molecule has 0 radical (unpaired) electrons. The number of rotatable bonds is 3. The molecule has 0 saturated carbocycles. The maximum atomic E-state index is 12.2. The van der Waals surface area contributed by atoms with Crippen molar-refractivity contribution in [3.8, 4) is 5.75 Å². The molecule has 0 bridgehead atoms. The van der Waals surface area contributed by atoms with Crippen LogP contribution in [0.15, 0.2) is 6.07 Å². The quantitative estimate of drug-likeness (QED) is 0.710. The summed E-state index contributed by atoms with van der Waals surface area (Å²) >= 11 is 0. The lowest BCUT2D eigenvalue weighted by Gasteiger charge is -2.33. The van der Waals surface area contributed by atoms with Gasteiger partial charge in [-0.3, -0.25) is 5.32 Å². The molecule has 176 valence electrons. The van der Waals surface area contributed by atoms with Gasteiger partial charge in [-0.05, 0) is 54.4 Å². The van der Waals surface area contributed by atoms with E-state index in [-0.39, 0.29) is 17.8 Å². The summed E-state index contributed by atoms with van der Waals surface area (Å²) in [5, 5.41) is 10.9. The number of nitrogens with zero attached hydrogens (tertiary/aromatic N) is 3. The normalized spacial score (nSPS) is 14.8. The van der Waals surface area contributed by atoms with Gasteiger partial charge in [0.15, 0.2) is 5.82 Å². The van der Waals surface area contributed by atoms with E-state index in [9.17, 15) is 9.59 Å². The van der Waals surface area contributed by atoms with E-state index < -0.39 is 17.3 Å². The second-order valence-corrected chi connectivity index (χ2v) is 9.05. The molecule has 31 heavy (non-hydrogen) atoms. The molecule has 1 N–H and O–H groups in total. The summed E-state index contributed by atoms with van der Waals surface area (Å²) in [6.45, 7) is 16.0. The van der Waals surface area contributed by atoms with Gasteiger partial charge in [0, 0.05) is 25.1 Å². The number of nitrogens with one attached hydrogen (secondary N) is 1. The third kappa shape index (κ3) is 8.98. The van der Waals surface area contributed by atoms with Gasteiger partial charge in [-0.15, -0.1) is 10.2 Å². The Bertz CT molecular complexity index is 732. The number of carbonyl (C=O) groups excluding carboxylic acids is 2. The zero-order valence-electron chi connectivity index (χ0n) is 20.4. The molecular weight excluding hydrogens is 400 g/mol. The van der Waals surface area contributed by atoms with Crippen molar-refractivity contribution in [1.29, 1.82) is 0 Å². The van der Waals surface area contributed by atoms with Crippen LogP contribution in [0.25, 0.3) is 0 Å². The third-order valence-electron chi connectivity index (χ3n) is 4.17. The first-order valence-electron chi connectivity index (χ1n) is 10.8. The lowest BCUT2D eigenvalue weighted by atomic mass is 9.93. The van der Waals surface area contributed by atoms with Gasteiger partial charge in [0.2, 0.25) is 0 Å². The Labute approximate surface area is 185 Å². The Morgan fingerprint density at radius 1 is 1.00 bits per heavy atom. The number of ether oxygens (including phenoxy) is 3. The SMILES string of the molecule is CC.COc1cc(NC(=O)OC(C)(C)C)nnc1C1CCN(C(=O)OC(C)(C)C)CC1. The number of carbonyl (C=O) groups is 2. The van der Waals surface area contributed by atoms with Crippen molar-refractivity contribution in [2.75, 3.05) is 25.5 Å². The molecule has 1 aliphatic heterocycles. The molecule has 2 amide bonds. The van der Waals surface area contributed by atoms with Crippen LogP contribution in [0.2, 0.25) is 0 Å². The number of hydrogen-bond acceptors (Lipinski definition) is 7. The molecule has 1 saturated heterocycles. The summed E-state index contributed by atoms with van der Waals surface area (Å²) in [4.78, 5) is 25.9. The Hall–Kier alpha value is -2.58. The van der Waals surface area contributed by atoms with Crippen LogP contribution in [0, 0.1) is 0 Å². The first-order chi connectivity index (χ1) is 14.4. The molecule has 2 rings (SSSR count). The average molecular weight is 439 g/mol. The standard InChI is InChI=1S/C20H32N4O5.C2H6/c1-19(2,3)28-17(25)21-15-12-14(27-7)16(23-22-15)13-8-10-24(11-9-13)18(26)29-20(4,5)6;1-2/h12-13H,8-11H2,1-7H3,(H,21,22,25);1-2H3. The number of anilines is 1. The van der Waals surface area contributed by atoms with Gasteiger partial charge < -0.3 is 19.1 Å². The minimum Gasteiger partial charge on any atom is -0.495 e. The zero-order valence-corrected chi connectivity index (χ0v) is 20.4. The fourth-order valence-corrected chi connectivity index (χ4v) is 2.96. The molecule has 0 atom stereocenters. The van der Waals surface area contributed by atoms with Gasteiger partial charge in [-0.25, -0.2) is 9.59 Å². The Morgan fingerprint density at radius 2 is 1.55 bits per heavy atom. The van der Waals surface area contributed by atoms with E-state index in [2.05, 4.69) is 15.5 Å². The van der Waals surface area contributed by atoms with Crippen molar-refractivity contribution in [2.45, 2.75) is 85.4 Å². The second kappa shape index (κ2) is 11.2. The second-order valence-electron chi connectivity index (χ2n) is 9.05. The highest BCUT2D eigenvalue weighted by Crippen LogP contribution is 2.33. The molecule has 1 fully saturated rings. The molecule has 9 heteroatoms. The fraction of sp³-hybridized carbons (Fsp3) is 0.727. The Morgan fingerprint density at radius 3 is 2.03 bits per heavy atom. The minimum absolute atomic E-state index is 0.103. The smallest absolute Gasteiger partial charge is 0.413 e. The molecule has 2 heterocycles. The summed E-state index contributed by atoms with van der Waals surface area (Å²) in [5.74, 6) is 0.902. The van der Waals surface area contributed by atoms with E-state index >= 15 is 0 Å². The first-order valence-corrected chi connectivity index (χ1v) is 10.8. The largest absolute Gasteiger partial charge is 0.495 e. The predicted octanol–water partition coefficient (Wildman–Crippen LogP) is 4.97. The summed E-state index contributed by atoms with van der Waals surface area (Å²) in [7, 11) is 1.55. The van der Waals surface area contributed by atoms with Gasteiger partial charge in [0.25, 0.3) is 0 Å². The number of amides is 2. The van der Waals surface area contributed by atoms with Crippen LogP contribution in [0.1, 0.15) is 79.8 Å². The maximum absolute atomic E-state index is 12.2. The van der Waals surface area contributed by atoms with Gasteiger partial charge in [0.1, 0.15) is 22.6 Å². The summed E-state index contributed by atoms with van der Waals surface area (Å²) in [6.07, 6.45) is 0.546. The van der Waals surface area contributed by atoms with E-state index in [1.807, 2.05) is 34.6 Å². The van der Waals surface area contributed by atoms with E-state index in [1.165, 1.54) is 0 Å². The number of likely N-dealkylation sites (tertiary alicyclic amines) is 1. The number of piperidine rings is 1. The number of methoxy groups -OCH3 is 1. The fourth-order valence-electron chi connectivity index (χ4n) is 2.96. The lowest BCUT2D eigenvalue weighted by molar-refractivity contribution is 0.0203.